The van der Waals surface area contributed by atoms with Gasteiger partial charge in [0, 0.05) is 29.6 Å². The minimum absolute atomic E-state index is 0.210. The molecule has 1 aliphatic heterocycles. The van der Waals surface area contributed by atoms with Crippen LogP contribution >= 0.6 is 0 Å². The average molecular weight is 468 g/mol. The van der Waals surface area contributed by atoms with Crippen LogP contribution in [0.2, 0.25) is 0 Å². The van der Waals surface area contributed by atoms with Crippen LogP contribution in [0.15, 0.2) is 83.7 Å². The molecule has 0 amide bonds. The Morgan fingerprint density at radius 3 is 2.66 bits per heavy atom. The molecular weight excluding hydrogens is 447 g/mol. The number of nitrogens with zero attached hydrogens (tertiary/aromatic N) is 2. The molecule has 3 heterocycles. The number of halogens is 1. The molecule has 0 unspecified atom stereocenters. The Kier molecular flexibility index (Phi) is 5.27. The number of rotatable bonds is 6. The summed E-state index contributed by atoms with van der Waals surface area (Å²) in [6, 6.07) is 23.4. The molecule has 2 N–H and O–H groups in total. The van der Waals surface area contributed by atoms with Crippen molar-refractivity contribution in [2.45, 2.75) is 13.1 Å². The highest BCUT2D eigenvalue weighted by atomic mass is 19.1. The van der Waals surface area contributed by atoms with Crippen molar-refractivity contribution in [3.63, 3.8) is 0 Å². The molecule has 0 saturated heterocycles. The van der Waals surface area contributed by atoms with Crippen LogP contribution in [0.1, 0.15) is 11.1 Å². The summed E-state index contributed by atoms with van der Waals surface area (Å²) in [6.07, 6.45) is 0. The highest BCUT2D eigenvalue weighted by molar-refractivity contribution is 5.92. The van der Waals surface area contributed by atoms with Crippen molar-refractivity contribution in [1.82, 2.24) is 20.1 Å². The third-order valence-electron chi connectivity index (χ3n) is 5.94. The van der Waals surface area contributed by atoms with Gasteiger partial charge in [-0.1, -0.05) is 36.4 Å². The fraction of sp³-hybridized carbons (Fsp3) is 0.111. The number of ether oxygens (including phenoxy) is 2. The number of H-pyrrole nitrogens is 1. The molecule has 8 heteroatoms. The molecule has 0 fully saturated rings. The quantitative estimate of drug-likeness (QED) is 0.383. The molecule has 0 bridgehead atoms. The Hall–Kier alpha value is -4.43. The van der Waals surface area contributed by atoms with E-state index in [0.29, 0.717) is 35.6 Å². The number of nitrogens with one attached hydrogen (secondary N) is 2. The van der Waals surface area contributed by atoms with E-state index in [1.54, 1.807) is 10.7 Å². The molecule has 0 spiro atoms. The minimum atomic E-state index is -0.347. The Labute approximate surface area is 199 Å². The first-order chi connectivity index (χ1) is 17.2. The highest BCUT2D eigenvalue weighted by Crippen LogP contribution is 2.32. The summed E-state index contributed by atoms with van der Waals surface area (Å²) in [6.45, 7) is 1.12. The van der Waals surface area contributed by atoms with Crippen molar-refractivity contribution in [1.29, 1.82) is 0 Å². The van der Waals surface area contributed by atoms with Gasteiger partial charge in [0.2, 0.25) is 6.79 Å². The minimum Gasteiger partial charge on any atom is -0.454 e. The van der Waals surface area contributed by atoms with Gasteiger partial charge in [0.1, 0.15) is 17.2 Å². The van der Waals surface area contributed by atoms with E-state index in [1.165, 1.54) is 12.1 Å². The zero-order chi connectivity index (χ0) is 23.8. The summed E-state index contributed by atoms with van der Waals surface area (Å²) in [5.74, 6) is 1.10. The zero-order valence-corrected chi connectivity index (χ0v) is 18.6. The maximum Gasteiger partial charge on any atom is 0.254 e. The van der Waals surface area contributed by atoms with Gasteiger partial charge in [0.05, 0.1) is 5.69 Å². The zero-order valence-electron chi connectivity index (χ0n) is 18.6. The van der Waals surface area contributed by atoms with Gasteiger partial charge in [0.15, 0.2) is 11.5 Å². The van der Waals surface area contributed by atoms with Crippen molar-refractivity contribution >= 4 is 11.0 Å². The van der Waals surface area contributed by atoms with Crippen molar-refractivity contribution in [3.05, 3.63) is 106 Å². The first kappa shape index (κ1) is 21.1. The Morgan fingerprint density at radius 1 is 0.943 bits per heavy atom. The van der Waals surface area contributed by atoms with Gasteiger partial charge >= 0.3 is 0 Å². The monoisotopic (exact) mass is 468 g/mol. The van der Waals surface area contributed by atoms with Gasteiger partial charge in [-0.05, 0) is 48.0 Å². The van der Waals surface area contributed by atoms with Gasteiger partial charge in [0.25, 0.3) is 5.56 Å². The van der Waals surface area contributed by atoms with Gasteiger partial charge in [-0.3, -0.25) is 4.79 Å². The maximum atomic E-state index is 14.0. The Bertz CT molecular complexity index is 1590. The summed E-state index contributed by atoms with van der Waals surface area (Å²) >= 11 is 0. The normalized spacial score (nSPS) is 12.4. The summed E-state index contributed by atoms with van der Waals surface area (Å²) in [5.41, 5.74) is 3.95. The predicted molar refractivity (Wildman–Crippen MR) is 130 cm³/mol. The number of hydrogen-bond acceptors (Lipinski definition) is 5. The number of pyridine rings is 1. The molecule has 3 aromatic carbocycles. The third kappa shape index (κ3) is 4.04. The van der Waals surface area contributed by atoms with E-state index in [-0.39, 0.29) is 18.2 Å². The molecule has 174 valence electrons. The predicted octanol–water partition coefficient (Wildman–Crippen LogP) is 4.54. The summed E-state index contributed by atoms with van der Waals surface area (Å²) < 4.78 is 26.5. The van der Waals surface area contributed by atoms with E-state index >= 15 is 0 Å². The molecule has 2 aromatic heterocycles. The van der Waals surface area contributed by atoms with Crippen molar-refractivity contribution in [2.75, 3.05) is 6.79 Å². The van der Waals surface area contributed by atoms with Crippen LogP contribution < -0.4 is 20.3 Å². The fourth-order valence-corrected chi connectivity index (χ4v) is 4.24. The van der Waals surface area contributed by atoms with E-state index in [4.69, 9.17) is 14.6 Å². The SMILES string of the molecule is O=c1[nH]c2c(cc1CNCc1ccc3c(c1)OCO3)c(-c1cccc(F)c1)nn2-c1ccccc1. The van der Waals surface area contributed by atoms with E-state index in [0.717, 1.165) is 28.1 Å². The first-order valence-electron chi connectivity index (χ1n) is 11.2. The lowest BCUT2D eigenvalue weighted by Gasteiger charge is -2.07. The van der Waals surface area contributed by atoms with Crippen LogP contribution in [0, 0.1) is 5.82 Å². The van der Waals surface area contributed by atoms with Gasteiger partial charge < -0.3 is 19.8 Å². The second kappa shape index (κ2) is 8.73. The van der Waals surface area contributed by atoms with Crippen LogP contribution in [0.4, 0.5) is 4.39 Å². The molecule has 0 radical (unpaired) electrons. The molecule has 0 saturated carbocycles. The lowest BCUT2D eigenvalue weighted by Crippen LogP contribution is -2.21. The van der Waals surface area contributed by atoms with Crippen molar-refractivity contribution in [2.24, 2.45) is 0 Å². The first-order valence-corrected chi connectivity index (χ1v) is 11.2. The largest absolute Gasteiger partial charge is 0.454 e. The van der Waals surface area contributed by atoms with E-state index < -0.39 is 0 Å². The van der Waals surface area contributed by atoms with Crippen molar-refractivity contribution in [3.8, 4) is 28.4 Å². The molecule has 7 nitrogen and oxygen atoms in total. The molecule has 6 rings (SSSR count). The summed E-state index contributed by atoms with van der Waals surface area (Å²) in [7, 11) is 0. The fourth-order valence-electron chi connectivity index (χ4n) is 4.24. The van der Waals surface area contributed by atoms with Gasteiger partial charge in [-0.15, -0.1) is 0 Å². The van der Waals surface area contributed by atoms with Crippen LogP contribution in [-0.4, -0.2) is 21.6 Å². The lowest BCUT2D eigenvalue weighted by atomic mass is 10.1. The van der Waals surface area contributed by atoms with Gasteiger partial charge in [-0.2, -0.15) is 5.10 Å². The summed E-state index contributed by atoms with van der Waals surface area (Å²) in [5, 5.41) is 8.80. The molecular formula is C27H21FN4O3. The second-order valence-electron chi connectivity index (χ2n) is 8.28. The van der Waals surface area contributed by atoms with E-state index in [9.17, 15) is 9.18 Å². The van der Waals surface area contributed by atoms with Crippen molar-refractivity contribution < 1.29 is 13.9 Å². The van der Waals surface area contributed by atoms with Gasteiger partial charge in [-0.25, -0.2) is 9.07 Å². The smallest absolute Gasteiger partial charge is 0.254 e. The Morgan fingerprint density at radius 2 is 1.80 bits per heavy atom. The van der Waals surface area contributed by atoms with Crippen LogP contribution in [0.3, 0.4) is 0 Å². The second-order valence-corrected chi connectivity index (χ2v) is 8.28. The summed E-state index contributed by atoms with van der Waals surface area (Å²) in [4.78, 5) is 16.0. The molecule has 5 aromatic rings. The number of aromatic nitrogens is 3. The molecule has 1 aliphatic rings. The topological polar surface area (TPSA) is 81.2 Å². The number of para-hydroxylation sites is 1. The lowest BCUT2D eigenvalue weighted by molar-refractivity contribution is 0.174. The van der Waals surface area contributed by atoms with E-state index in [2.05, 4.69) is 10.3 Å². The molecule has 0 aliphatic carbocycles. The molecule has 35 heavy (non-hydrogen) atoms. The number of benzene rings is 3. The number of aromatic amines is 1. The van der Waals surface area contributed by atoms with Crippen LogP contribution in [-0.2, 0) is 13.1 Å². The third-order valence-corrected chi connectivity index (χ3v) is 5.94. The molecule has 0 atom stereocenters. The Balaban J connectivity index is 1.36. The number of hydrogen-bond donors (Lipinski definition) is 2. The maximum absolute atomic E-state index is 14.0. The van der Waals surface area contributed by atoms with Crippen LogP contribution in [0.5, 0.6) is 11.5 Å². The van der Waals surface area contributed by atoms with E-state index in [1.807, 2.05) is 60.7 Å². The highest BCUT2D eigenvalue weighted by Gasteiger charge is 2.17. The average Bonchev–Trinajstić information content (AvgIpc) is 3.49. The number of fused-ring (bicyclic) bond motifs is 2. The van der Waals surface area contributed by atoms with Crippen LogP contribution in [0.25, 0.3) is 28.0 Å². The standard InChI is InChI=1S/C27H21FN4O3/c28-20-6-4-5-18(12-20)25-22-13-19(15-29-14-17-9-10-23-24(11-17)35-16-34-23)27(33)30-26(22)32(31-25)21-7-2-1-3-8-21/h1-13,29H,14-16H2,(H,30,33).